The topological polar surface area (TPSA) is 40.5 Å². The van der Waals surface area contributed by atoms with Crippen molar-refractivity contribution in [2.24, 2.45) is 35.0 Å². The van der Waals surface area contributed by atoms with Gasteiger partial charge in [-0.1, -0.05) is 13.8 Å². The molecular formula is C20H34O2. The van der Waals surface area contributed by atoms with Crippen LogP contribution >= 0.6 is 0 Å². The van der Waals surface area contributed by atoms with Crippen molar-refractivity contribution in [1.29, 1.82) is 0 Å². The normalized spacial score (nSPS) is 57.8. The van der Waals surface area contributed by atoms with E-state index in [9.17, 15) is 10.2 Å². The molecule has 2 heteroatoms. The van der Waals surface area contributed by atoms with Gasteiger partial charge >= 0.3 is 0 Å². The zero-order valence-electron chi connectivity index (χ0n) is 14.4. The van der Waals surface area contributed by atoms with Gasteiger partial charge in [-0.2, -0.15) is 0 Å². The van der Waals surface area contributed by atoms with Crippen LogP contribution in [0.4, 0.5) is 0 Å². The van der Waals surface area contributed by atoms with Crippen LogP contribution in [0.2, 0.25) is 0 Å². The van der Waals surface area contributed by atoms with E-state index < -0.39 is 5.60 Å². The maximum absolute atomic E-state index is 11.2. The molecular weight excluding hydrogens is 272 g/mol. The maximum atomic E-state index is 11.2. The fourth-order valence-corrected chi connectivity index (χ4v) is 7.52. The minimum absolute atomic E-state index is 0.0247. The van der Waals surface area contributed by atoms with E-state index in [1.807, 2.05) is 0 Å². The highest BCUT2D eigenvalue weighted by Gasteiger charge is 2.61. The van der Waals surface area contributed by atoms with Gasteiger partial charge in [-0.25, -0.2) is 0 Å². The highest BCUT2D eigenvalue weighted by molar-refractivity contribution is 5.11. The van der Waals surface area contributed by atoms with Crippen molar-refractivity contribution < 1.29 is 10.2 Å². The Morgan fingerprint density at radius 1 is 0.909 bits per heavy atom. The summed E-state index contributed by atoms with van der Waals surface area (Å²) in [5, 5.41) is 21.2. The van der Waals surface area contributed by atoms with Crippen LogP contribution < -0.4 is 0 Å². The molecule has 0 aromatic carbocycles. The number of aliphatic hydroxyl groups is 2. The first kappa shape index (κ1) is 15.4. The lowest BCUT2D eigenvalue weighted by molar-refractivity contribution is -0.134. The zero-order chi connectivity index (χ0) is 15.5. The fourth-order valence-electron chi connectivity index (χ4n) is 7.52. The molecule has 0 radical (unpaired) electrons. The summed E-state index contributed by atoms with van der Waals surface area (Å²) in [4.78, 5) is 0. The Balaban J connectivity index is 1.58. The number of aliphatic hydroxyl groups excluding tert-OH is 1. The Morgan fingerprint density at radius 2 is 1.68 bits per heavy atom. The van der Waals surface area contributed by atoms with Gasteiger partial charge in [-0.05, 0) is 99.2 Å². The van der Waals surface area contributed by atoms with Gasteiger partial charge in [0.25, 0.3) is 0 Å². The van der Waals surface area contributed by atoms with Gasteiger partial charge in [0.2, 0.25) is 0 Å². The summed E-state index contributed by atoms with van der Waals surface area (Å²) in [6, 6.07) is 0. The van der Waals surface area contributed by atoms with Crippen molar-refractivity contribution >= 4 is 0 Å². The third-order valence-electron chi connectivity index (χ3n) is 8.83. The van der Waals surface area contributed by atoms with Gasteiger partial charge in [0, 0.05) is 0 Å². The molecule has 22 heavy (non-hydrogen) atoms. The van der Waals surface area contributed by atoms with E-state index in [1.54, 1.807) is 0 Å². The highest BCUT2D eigenvalue weighted by Crippen LogP contribution is 2.65. The smallest absolute Gasteiger partial charge is 0.0701 e. The molecule has 2 nitrogen and oxygen atoms in total. The molecule has 4 fully saturated rings. The van der Waals surface area contributed by atoms with Crippen LogP contribution in [-0.2, 0) is 0 Å². The first-order valence-corrected chi connectivity index (χ1v) is 9.89. The average molecular weight is 306 g/mol. The lowest BCUT2D eigenvalue weighted by atomic mass is 9.49. The molecule has 126 valence electrons. The average Bonchev–Trinajstić information content (AvgIpc) is 2.79. The minimum Gasteiger partial charge on any atom is -0.393 e. The quantitative estimate of drug-likeness (QED) is 0.764. The molecule has 0 aromatic rings. The van der Waals surface area contributed by atoms with E-state index in [0.29, 0.717) is 0 Å². The van der Waals surface area contributed by atoms with E-state index >= 15 is 0 Å². The van der Waals surface area contributed by atoms with Crippen molar-refractivity contribution in [1.82, 2.24) is 0 Å². The van der Waals surface area contributed by atoms with E-state index in [1.165, 1.54) is 38.5 Å². The second-order valence-corrected chi connectivity index (χ2v) is 9.28. The Labute approximate surface area is 135 Å². The second-order valence-electron chi connectivity index (χ2n) is 9.28. The molecule has 0 aromatic heterocycles. The Kier molecular flexibility index (Phi) is 3.66. The molecule has 4 aliphatic carbocycles. The van der Waals surface area contributed by atoms with Gasteiger partial charge in [-0.15, -0.1) is 0 Å². The molecule has 2 N–H and O–H groups in total. The molecule has 0 saturated heterocycles. The summed E-state index contributed by atoms with van der Waals surface area (Å²) in [5.41, 5.74) is -0.230. The van der Waals surface area contributed by atoms with Crippen molar-refractivity contribution in [2.75, 3.05) is 0 Å². The van der Waals surface area contributed by atoms with Crippen LogP contribution in [0.3, 0.4) is 0 Å². The van der Waals surface area contributed by atoms with E-state index in [2.05, 4.69) is 13.8 Å². The highest BCUT2D eigenvalue weighted by atomic mass is 16.3. The Bertz CT molecular complexity index is 435. The van der Waals surface area contributed by atoms with Crippen LogP contribution in [0.5, 0.6) is 0 Å². The number of hydrogen-bond donors (Lipinski definition) is 2. The summed E-state index contributed by atoms with van der Waals surface area (Å²) >= 11 is 0. The summed E-state index contributed by atoms with van der Waals surface area (Å²) < 4.78 is 0. The first-order valence-electron chi connectivity index (χ1n) is 9.89. The summed E-state index contributed by atoms with van der Waals surface area (Å²) in [6.45, 7) is 4.58. The molecule has 0 unspecified atom stereocenters. The number of rotatable bonds is 1. The van der Waals surface area contributed by atoms with Crippen molar-refractivity contribution in [3.8, 4) is 0 Å². The van der Waals surface area contributed by atoms with Crippen molar-refractivity contribution in [3.05, 3.63) is 0 Å². The third-order valence-corrected chi connectivity index (χ3v) is 8.83. The van der Waals surface area contributed by atoms with Gasteiger partial charge in [-0.3, -0.25) is 0 Å². The molecule has 0 aliphatic heterocycles. The monoisotopic (exact) mass is 306 g/mol. The molecule has 0 amide bonds. The van der Waals surface area contributed by atoms with Gasteiger partial charge in [0.05, 0.1) is 11.7 Å². The Hall–Kier alpha value is -0.0800. The van der Waals surface area contributed by atoms with E-state index in [4.69, 9.17) is 0 Å². The standard InChI is InChI=1S/C20H34O2/c1-3-20(22)11-9-18-17-6-4-13-12-14(21)5-7-15(13)16(17)8-10-19(18,20)2/h13-18,21-22H,3-12H2,1-2H3/t13-,14-,15+,16-,17-,18+,19+,20+/m1/s1. The maximum Gasteiger partial charge on any atom is 0.0701 e. The van der Waals surface area contributed by atoms with Crippen LogP contribution in [0, 0.1) is 35.0 Å². The molecule has 0 spiro atoms. The predicted molar refractivity (Wildman–Crippen MR) is 88.4 cm³/mol. The Morgan fingerprint density at radius 3 is 2.45 bits per heavy atom. The summed E-state index contributed by atoms with van der Waals surface area (Å²) in [6.07, 6.45) is 11.8. The molecule has 0 heterocycles. The lowest BCUT2D eigenvalue weighted by Crippen LogP contribution is -2.53. The number of hydrogen-bond acceptors (Lipinski definition) is 2. The predicted octanol–water partition coefficient (Wildman–Crippen LogP) is 4.14. The zero-order valence-corrected chi connectivity index (χ0v) is 14.4. The molecule has 4 rings (SSSR count). The van der Waals surface area contributed by atoms with E-state index in [0.717, 1.165) is 55.3 Å². The van der Waals surface area contributed by atoms with E-state index in [-0.39, 0.29) is 11.5 Å². The van der Waals surface area contributed by atoms with Crippen LogP contribution in [0.15, 0.2) is 0 Å². The fraction of sp³-hybridized carbons (Fsp3) is 1.00. The van der Waals surface area contributed by atoms with Crippen LogP contribution in [0.1, 0.15) is 78.1 Å². The molecule has 4 aliphatic rings. The summed E-state index contributed by atoms with van der Waals surface area (Å²) in [5.74, 6) is 4.17. The first-order chi connectivity index (χ1) is 10.5. The molecule has 8 atom stereocenters. The number of fused-ring (bicyclic) bond motifs is 5. The lowest BCUT2D eigenvalue weighted by Gasteiger charge is -2.57. The van der Waals surface area contributed by atoms with Crippen LogP contribution in [0.25, 0.3) is 0 Å². The molecule has 4 saturated carbocycles. The van der Waals surface area contributed by atoms with Gasteiger partial charge in [0.15, 0.2) is 0 Å². The largest absolute Gasteiger partial charge is 0.393 e. The minimum atomic E-state index is -0.401. The SMILES string of the molecule is CC[C@]1(O)CC[C@H]2[C@@H]3CC[C@@H]4C[C@H](O)CC[C@@H]4[C@H]3CC[C@@]21C. The van der Waals surface area contributed by atoms with Crippen molar-refractivity contribution in [2.45, 2.75) is 89.8 Å². The van der Waals surface area contributed by atoms with Gasteiger partial charge < -0.3 is 10.2 Å². The third kappa shape index (κ3) is 1.99. The van der Waals surface area contributed by atoms with Crippen molar-refractivity contribution in [3.63, 3.8) is 0 Å². The van der Waals surface area contributed by atoms with Gasteiger partial charge in [0.1, 0.15) is 0 Å². The van der Waals surface area contributed by atoms with Crippen LogP contribution in [-0.4, -0.2) is 21.9 Å². The molecule has 0 bridgehead atoms. The second kappa shape index (κ2) is 5.21. The summed E-state index contributed by atoms with van der Waals surface area (Å²) in [7, 11) is 0.